The Kier molecular flexibility index (Phi) is 4.37. The lowest BCUT2D eigenvalue weighted by atomic mass is 9.46. The third-order valence-corrected chi connectivity index (χ3v) is 7.35. The molecule has 128 valence electrons. The highest BCUT2D eigenvalue weighted by molar-refractivity contribution is 5.37. The monoisotopic (exact) mass is 322 g/mol. The van der Waals surface area contributed by atoms with Crippen LogP contribution in [0.25, 0.3) is 0 Å². The van der Waals surface area contributed by atoms with Crippen molar-refractivity contribution < 1.29 is 0 Å². The van der Waals surface area contributed by atoms with Gasteiger partial charge < -0.3 is 0 Å². The predicted octanol–water partition coefficient (Wildman–Crippen LogP) is 5.78. The summed E-state index contributed by atoms with van der Waals surface area (Å²) in [6.45, 7) is 9.11. The second-order valence-electron chi connectivity index (χ2n) is 9.03. The van der Waals surface area contributed by atoms with Crippen molar-refractivity contribution in [1.82, 2.24) is 0 Å². The first-order chi connectivity index (χ1) is 11.4. The summed E-state index contributed by atoms with van der Waals surface area (Å²) < 4.78 is 0. The van der Waals surface area contributed by atoms with Gasteiger partial charge in [0.15, 0.2) is 0 Å². The zero-order valence-electron chi connectivity index (χ0n) is 15.6. The Hall–Kier alpha value is -1.54. The molecule has 0 unspecified atom stereocenters. The minimum atomic E-state index is -0.193. The molecule has 0 aromatic carbocycles. The molecule has 3 rings (SSSR count). The highest BCUT2D eigenvalue weighted by Gasteiger charge is 2.55. The number of nitriles is 2. The van der Waals surface area contributed by atoms with E-state index >= 15 is 0 Å². The largest absolute Gasteiger partial charge is 0.198 e. The highest BCUT2D eigenvalue weighted by Crippen LogP contribution is 2.62. The molecule has 0 saturated heterocycles. The lowest BCUT2D eigenvalue weighted by Gasteiger charge is -2.57. The van der Waals surface area contributed by atoms with Crippen molar-refractivity contribution in [2.75, 3.05) is 0 Å². The standard InChI is InChI=1S/C22H30N2/c1-15(2)18-12-17-6-7-20-21(3,14-24)9-5-10-22(20,4)19(17)13-16(18)8-11-23/h6,12,15-16,19-20H,5,7-10,13H2,1-4H3/t16-,19+,20+,21-,22+/m0/s1. The van der Waals surface area contributed by atoms with Crippen LogP contribution >= 0.6 is 0 Å². The molecule has 0 aromatic heterocycles. The summed E-state index contributed by atoms with van der Waals surface area (Å²) in [6, 6.07) is 5.08. The summed E-state index contributed by atoms with van der Waals surface area (Å²) in [4.78, 5) is 0. The summed E-state index contributed by atoms with van der Waals surface area (Å²) in [6.07, 6.45) is 11.0. The Morgan fingerprint density at radius 1 is 1.25 bits per heavy atom. The molecule has 5 atom stereocenters. The van der Waals surface area contributed by atoms with Crippen LogP contribution in [0.5, 0.6) is 0 Å². The molecule has 0 spiro atoms. The Labute approximate surface area is 147 Å². The molecule has 2 heteroatoms. The second-order valence-corrected chi connectivity index (χ2v) is 9.03. The van der Waals surface area contributed by atoms with E-state index in [2.05, 4.69) is 52.0 Å². The Bertz CT molecular complexity index is 656. The first-order valence-electron chi connectivity index (χ1n) is 9.55. The molecule has 0 aromatic rings. The van der Waals surface area contributed by atoms with Gasteiger partial charge in [-0.2, -0.15) is 10.5 Å². The maximum absolute atomic E-state index is 9.83. The molecule has 0 heterocycles. The number of nitrogens with zero attached hydrogens (tertiary/aromatic N) is 2. The normalized spacial score (nSPS) is 41.4. The highest BCUT2D eigenvalue weighted by atomic mass is 14.6. The van der Waals surface area contributed by atoms with E-state index in [0.29, 0.717) is 30.1 Å². The molecule has 2 nitrogen and oxygen atoms in total. The molecule has 3 aliphatic rings. The van der Waals surface area contributed by atoms with E-state index < -0.39 is 0 Å². The molecular weight excluding hydrogens is 292 g/mol. The number of fused-ring (bicyclic) bond motifs is 3. The molecule has 0 bridgehead atoms. The SMILES string of the molecule is CC(C)C1=CC2=CC[C@H]3[C@](C)(CCC[C@@]3(C)C#N)[C@@H]2C[C@@H]1CC#N. The van der Waals surface area contributed by atoms with Gasteiger partial charge in [0, 0.05) is 6.42 Å². The van der Waals surface area contributed by atoms with Gasteiger partial charge >= 0.3 is 0 Å². The van der Waals surface area contributed by atoms with E-state index in [9.17, 15) is 10.5 Å². The van der Waals surface area contributed by atoms with Gasteiger partial charge in [0.2, 0.25) is 0 Å². The fourth-order valence-electron chi connectivity index (χ4n) is 6.02. The van der Waals surface area contributed by atoms with Crippen molar-refractivity contribution >= 4 is 0 Å². The number of allylic oxidation sites excluding steroid dienone is 4. The molecule has 1 saturated carbocycles. The van der Waals surface area contributed by atoms with Crippen LogP contribution in [-0.4, -0.2) is 0 Å². The minimum Gasteiger partial charge on any atom is -0.198 e. The first-order valence-corrected chi connectivity index (χ1v) is 9.55. The van der Waals surface area contributed by atoms with E-state index in [1.807, 2.05) is 0 Å². The van der Waals surface area contributed by atoms with Gasteiger partial charge in [0.1, 0.15) is 0 Å². The summed E-state index contributed by atoms with van der Waals surface area (Å²) in [5.74, 6) is 1.87. The average molecular weight is 322 g/mol. The van der Waals surface area contributed by atoms with Crippen LogP contribution in [0.1, 0.15) is 66.2 Å². The van der Waals surface area contributed by atoms with Gasteiger partial charge in [0.05, 0.1) is 17.6 Å². The third kappa shape index (κ3) is 2.52. The van der Waals surface area contributed by atoms with E-state index in [1.54, 1.807) is 0 Å². The van der Waals surface area contributed by atoms with Crippen LogP contribution in [0, 0.1) is 57.2 Å². The Morgan fingerprint density at radius 3 is 2.62 bits per heavy atom. The van der Waals surface area contributed by atoms with Crippen LogP contribution in [0.3, 0.4) is 0 Å². The van der Waals surface area contributed by atoms with Gasteiger partial charge in [-0.05, 0) is 67.3 Å². The minimum absolute atomic E-state index is 0.193. The maximum atomic E-state index is 9.83. The summed E-state index contributed by atoms with van der Waals surface area (Å²) >= 11 is 0. The van der Waals surface area contributed by atoms with E-state index in [4.69, 9.17) is 0 Å². The fourth-order valence-corrected chi connectivity index (χ4v) is 6.02. The van der Waals surface area contributed by atoms with Crippen molar-refractivity contribution in [1.29, 1.82) is 10.5 Å². The van der Waals surface area contributed by atoms with Crippen molar-refractivity contribution in [3.63, 3.8) is 0 Å². The maximum Gasteiger partial charge on any atom is 0.0690 e. The van der Waals surface area contributed by atoms with E-state index in [-0.39, 0.29) is 10.8 Å². The predicted molar refractivity (Wildman–Crippen MR) is 96.6 cm³/mol. The van der Waals surface area contributed by atoms with Gasteiger partial charge in [-0.1, -0.05) is 44.9 Å². The number of hydrogen-bond donors (Lipinski definition) is 0. The van der Waals surface area contributed by atoms with Gasteiger partial charge in [-0.15, -0.1) is 0 Å². The van der Waals surface area contributed by atoms with Crippen LogP contribution < -0.4 is 0 Å². The first kappa shape index (κ1) is 17.3. The second kappa shape index (κ2) is 6.07. The smallest absolute Gasteiger partial charge is 0.0690 e. The van der Waals surface area contributed by atoms with E-state index in [0.717, 1.165) is 25.7 Å². The molecule has 1 fully saturated rings. The molecule has 3 aliphatic carbocycles. The van der Waals surface area contributed by atoms with Crippen molar-refractivity contribution in [3.8, 4) is 12.1 Å². The molecule has 0 N–H and O–H groups in total. The lowest BCUT2D eigenvalue weighted by Crippen LogP contribution is -2.50. The van der Waals surface area contributed by atoms with Gasteiger partial charge in [-0.3, -0.25) is 0 Å². The fraction of sp³-hybridized carbons (Fsp3) is 0.727. The quantitative estimate of drug-likeness (QED) is 0.646. The zero-order chi connectivity index (χ0) is 17.5. The Morgan fingerprint density at radius 2 is 2.00 bits per heavy atom. The zero-order valence-corrected chi connectivity index (χ0v) is 15.6. The topological polar surface area (TPSA) is 47.6 Å². The van der Waals surface area contributed by atoms with Crippen LogP contribution in [0.4, 0.5) is 0 Å². The lowest BCUT2D eigenvalue weighted by molar-refractivity contribution is -0.0245. The molecule has 24 heavy (non-hydrogen) atoms. The summed E-state index contributed by atoms with van der Waals surface area (Å²) in [7, 11) is 0. The Balaban J connectivity index is 2.03. The molecule has 0 radical (unpaired) electrons. The van der Waals surface area contributed by atoms with Gasteiger partial charge in [-0.25, -0.2) is 0 Å². The van der Waals surface area contributed by atoms with Crippen LogP contribution in [-0.2, 0) is 0 Å². The van der Waals surface area contributed by atoms with Crippen molar-refractivity contribution in [3.05, 3.63) is 23.3 Å². The number of hydrogen-bond acceptors (Lipinski definition) is 2. The summed E-state index contributed by atoms with van der Waals surface area (Å²) in [5.41, 5.74) is 2.97. The average Bonchev–Trinajstić information content (AvgIpc) is 2.54. The molecular formula is C22H30N2. The molecule has 0 aliphatic heterocycles. The van der Waals surface area contributed by atoms with Crippen molar-refractivity contribution in [2.45, 2.75) is 66.2 Å². The van der Waals surface area contributed by atoms with Gasteiger partial charge in [0.25, 0.3) is 0 Å². The molecule has 0 amide bonds. The number of rotatable bonds is 2. The van der Waals surface area contributed by atoms with Crippen molar-refractivity contribution in [2.24, 2.45) is 34.5 Å². The van der Waals surface area contributed by atoms with Crippen LogP contribution in [0.15, 0.2) is 23.3 Å². The third-order valence-electron chi connectivity index (χ3n) is 7.35. The summed E-state index contributed by atoms with van der Waals surface area (Å²) in [5, 5.41) is 19.1. The van der Waals surface area contributed by atoms with E-state index in [1.165, 1.54) is 17.6 Å². The van der Waals surface area contributed by atoms with Crippen LogP contribution in [0.2, 0.25) is 0 Å².